The SMILES string of the molecule is CC(O)c1c(-c2ccc(NC(=O)Nc3cc(C(F)(F)F)ccn3)cc2)c2c(N)ncnn2c1CN1CCOCC1. The molecule has 40 heavy (non-hydrogen) atoms. The van der Waals surface area contributed by atoms with Gasteiger partial charge < -0.3 is 20.9 Å². The number of morpholine rings is 1. The molecule has 210 valence electrons. The van der Waals surface area contributed by atoms with E-state index in [0.29, 0.717) is 47.7 Å². The largest absolute Gasteiger partial charge is 0.416 e. The van der Waals surface area contributed by atoms with E-state index in [0.717, 1.165) is 37.1 Å². The van der Waals surface area contributed by atoms with Gasteiger partial charge in [0.15, 0.2) is 5.82 Å². The van der Waals surface area contributed by atoms with Gasteiger partial charge in [0.1, 0.15) is 17.7 Å². The van der Waals surface area contributed by atoms with E-state index in [1.54, 1.807) is 35.7 Å². The van der Waals surface area contributed by atoms with Crippen molar-refractivity contribution in [3.05, 3.63) is 65.7 Å². The third-order valence-electron chi connectivity index (χ3n) is 6.55. The van der Waals surface area contributed by atoms with Gasteiger partial charge in [0.2, 0.25) is 0 Å². The predicted octanol–water partition coefficient (Wildman–Crippen LogP) is 3.92. The molecular weight excluding hydrogens is 529 g/mol. The fourth-order valence-electron chi connectivity index (χ4n) is 4.73. The van der Waals surface area contributed by atoms with Crippen LogP contribution in [0.3, 0.4) is 0 Å². The lowest BCUT2D eigenvalue weighted by Gasteiger charge is -2.27. The van der Waals surface area contributed by atoms with Crippen molar-refractivity contribution in [1.29, 1.82) is 0 Å². The number of nitrogens with one attached hydrogen (secondary N) is 2. The summed E-state index contributed by atoms with van der Waals surface area (Å²) in [5.41, 5.74) is 9.11. The average molecular weight is 557 g/mol. The molecule has 1 fully saturated rings. The van der Waals surface area contributed by atoms with Crippen LogP contribution in [0.5, 0.6) is 0 Å². The van der Waals surface area contributed by atoms with E-state index in [1.807, 2.05) is 0 Å². The highest BCUT2D eigenvalue weighted by Gasteiger charge is 2.31. The van der Waals surface area contributed by atoms with Crippen LogP contribution in [0.15, 0.2) is 48.9 Å². The number of carbonyl (C=O) groups excluding carboxylic acids is 1. The number of hydrogen-bond donors (Lipinski definition) is 4. The molecule has 3 aromatic heterocycles. The fourth-order valence-corrected chi connectivity index (χ4v) is 4.73. The van der Waals surface area contributed by atoms with Gasteiger partial charge in [-0.2, -0.15) is 18.3 Å². The topological polar surface area (TPSA) is 143 Å². The lowest BCUT2D eigenvalue weighted by Crippen LogP contribution is -2.36. The van der Waals surface area contributed by atoms with Crippen LogP contribution in [0.25, 0.3) is 16.6 Å². The number of hydrogen-bond acceptors (Lipinski definition) is 8. The molecule has 5 N–H and O–H groups in total. The number of rotatable bonds is 6. The zero-order valence-electron chi connectivity index (χ0n) is 21.4. The number of fused-ring (bicyclic) bond motifs is 1. The van der Waals surface area contributed by atoms with Crippen molar-refractivity contribution < 1.29 is 27.8 Å². The minimum atomic E-state index is -4.56. The van der Waals surface area contributed by atoms with Gasteiger partial charge in [-0.25, -0.2) is 19.3 Å². The van der Waals surface area contributed by atoms with Gasteiger partial charge in [-0.3, -0.25) is 10.2 Å². The van der Waals surface area contributed by atoms with Gasteiger partial charge in [-0.1, -0.05) is 12.1 Å². The average Bonchev–Trinajstić information content (AvgIpc) is 3.25. The molecule has 0 bridgehead atoms. The standard InChI is InChI=1S/C26H27F3N8O3/c1-15(38)21-19(13-36-8-10-40-11-9-36)37-23(24(30)32-14-33-37)22(21)16-2-4-18(5-3-16)34-25(39)35-20-12-17(6-7-31-20)26(27,28)29/h2-7,12,14-15,38H,8-11,13H2,1H3,(H2,30,32,33)(H2,31,34,35,39). The zero-order valence-corrected chi connectivity index (χ0v) is 21.4. The molecule has 14 heteroatoms. The quantitative estimate of drug-likeness (QED) is 0.280. The summed E-state index contributed by atoms with van der Waals surface area (Å²) in [5, 5.41) is 20.2. The lowest BCUT2D eigenvalue weighted by molar-refractivity contribution is -0.137. The van der Waals surface area contributed by atoms with Gasteiger partial charge in [0.05, 0.1) is 30.6 Å². The van der Waals surface area contributed by atoms with Crippen LogP contribution in [-0.4, -0.2) is 61.9 Å². The van der Waals surface area contributed by atoms with E-state index < -0.39 is 23.9 Å². The van der Waals surface area contributed by atoms with E-state index in [-0.39, 0.29) is 11.6 Å². The molecule has 4 heterocycles. The number of nitrogens with two attached hydrogens (primary N) is 1. The highest BCUT2D eigenvalue weighted by molar-refractivity contribution is 5.99. The molecular formula is C26H27F3N8O3. The third-order valence-corrected chi connectivity index (χ3v) is 6.55. The number of nitrogen functional groups attached to an aromatic ring is 1. The van der Waals surface area contributed by atoms with Crippen molar-refractivity contribution in [2.75, 3.05) is 42.7 Å². The molecule has 0 radical (unpaired) electrons. The van der Waals surface area contributed by atoms with Gasteiger partial charge in [0.25, 0.3) is 0 Å². The first-order valence-corrected chi connectivity index (χ1v) is 12.5. The van der Waals surface area contributed by atoms with Gasteiger partial charge >= 0.3 is 12.2 Å². The van der Waals surface area contributed by atoms with Crippen LogP contribution in [0.1, 0.15) is 29.8 Å². The summed E-state index contributed by atoms with van der Waals surface area (Å²) < 4.78 is 46.0. The Morgan fingerprint density at radius 3 is 2.55 bits per heavy atom. The molecule has 5 rings (SSSR count). The maximum absolute atomic E-state index is 13.0. The molecule has 4 aromatic rings. The summed E-state index contributed by atoms with van der Waals surface area (Å²) in [7, 11) is 0. The van der Waals surface area contributed by atoms with Crippen LogP contribution in [0.4, 0.5) is 35.3 Å². The number of halogens is 3. The van der Waals surface area contributed by atoms with Crippen LogP contribution >= 0.6 is 0 Å². The van der Waals surface area contributed by atoms with E-state index in [4.69, 9.17) is 10.5 Å². The van der Waals surface area contributed by atoms with Crippen LogP contribution in [0.2, 0.25) is 0 Å². The molecule has 0 saturated carbocycles. The number of aromatic nitrogens is 4. The van der Waals surface area contributed by atoms with E-state index in [9.17, 15) is 23.1 Å². The summed E-state index contributed by atoms with van der Waals surface area (Å²) in [5.74, 6) is 0.00404. The Bertz CT molecular complexity index is 1520. The number of nitrogens with zero attached hydrogens (tertiary/aromatic N) is 5. The van der Waals surface area contributed by atoms with Crippen molar-refractivity contribution >= 4 is 28.9 Å². The number of pyridine rings is 1. The Hall–Kier alpha value is -4.27. The molecule has 0 spiro atoms. The number of benzene rings is 1. The number of urea groups is 1. The monoisotopic (exact) mass is 556 g/mol. The fraction of sp³-hybridized carbons (Fsp3) is 0.308. The summed E-state index contributed by atoms with van der Waals surface area (Å²) in [6, 6.07) is 7.55. The van der Waals surface area contributed by atoms with Crippen LogP contribution in [-0.2, 0) is 17.5 Å². The smallest absolute Gasteiger partial charge is 0.389 e. The Morgan fingerprint density at radius 1 is 1.15 bits per heavy atom. The summed E-state index contributed by atoms with van der Waals surface area (Å²) in [6.45, 7) is 4.89. The number of aliphatic hydroxyl groups is 1. The second-order valence-electron chi connectivity index (χ2n) is 9.29. The lowest BCUT2D eigenvalue weighted by atomic mass is 9.97. The summed E-state index contributed by atoms with van der Waals surface area (Å²) in [6.07, 6.45) is -3.07. The van der Waals surface area contributed by atoms with Crippen LogP contribution < -0.4 is 16.4 Å². The summed E-state index contributed by atoms with van der Waals surface area (Å²) >= 11 is 0. The highest BCUT2D eigenvalue weighted by atomic mass is 19.4. The minimum Gasteiger partial charge on any atom is -0.389 e. The maximum atomic E-state index is 13.0. The molecule has 1 aliphatic rings. The number of anilines is 3. The van der Waals surface area contributed by atoms with Crippen molar-refractivity contribution in [3.63, 3.8) is 0 Å². The molecule has 2 amide bonds. The Morgan fingerprint density at radius 2 is 1.88 bits per heavy atom. The Labute approximate surface area is 226 Å². The number of aliphatic hydroxyl groups excluding tert-OH is 1. The molecule has 1 aliphatic heterocycles. The molecule has 1 aromatic carbocycles. The van der Waals surface area contributed by atoms with E-state index >= 15 is 0 Å². The highest BCUT2D eigenvalue weighted by Crippen LogP contribution is 2.39. The third kappa shape index (κ3) is 5.68. The van der Waals surface area contributed by atoms with Crippen molar-refractivity contribution in [3.8, 4) is 11.1 Å². The number of amides is 2. The maximum Gasteiger partial charge on any atom is 0.416 e. The predicted molar refractivity (Wildman–Crippen MR) is 141 cm³/mol. The van der Waals surface area contributed by atoms with Gasteiger partial charge in [-0.05, 0) is 36.8 Å². The van der Waals surface area contributed by atoms with Crippen molar-refractivity contribution in [1.82, 2.24) is 24.5 Å². The number of alkyl halides is 3. The molecule has 1 atom stereocenters. The van der Waals surface area contributed by atoms with E-state index in [2.05, 4.69) is 30.6 Å². The Kier molecular flexibility index (Phi) is 7.56. The first kappa shape index (κ1) is 27.3. The zero-order chi connectivity index (χ0) is 28.4. The number of ether oxygens (including phenoxy) is 1. The Balaban J connectivity index is 1.43. The molecule has 1 saturated heterocycles. The van der Waals surface area contributed by atoms with E-state index in [1.165, 1.54) is 6.33 Å². The second-order valence-corrected chi connectivity index (χ2v) is 9.29. The molecule has 0 aliphatic carbocycles. The molecule has 11 nitrogen and oxygen atoms in total. The van der Waals surface area contributed by atoms with Gasteiger partial charge in [-0.15, -0.1) is 0 Å². The van der Waals surface area contributed by atoms with Crippen LogP contribution in [0, 0.1) is 0 Å². The van der Waals surface area contributed by atoms with Crippen molar-refractivity contribution in [2.45, 2.75) is 25.7 Å². The van der Waals surface area contributed by atoms with Gasteiger partial charge in [0, 0.05) is 42.6 Å². The second kappa shape index (κ2) is 11.1. The summed E-state index contributed by atoms with van der Waals surface area (Å²) in [4.78, 5) is 22.6. The molecule has 1 unspecified atom stereocenters. The first-order valence-electron chi connectivity index (χ1n) is 12.5. The minimum absolute atomic E-state index is 0.242. The normalized spacial score (nSPS) is 15.2. The van der Waals surface area contributed by atoms with Crippen molar-refractivity contribution in [2.24, 2.45) is 0 Å². The first-order chi connectivity index (χ1) is 19.1. The number of carbonyl (C=O) groups is 1.